The molecule has 2 aliphatic rings. The zero-order valence-corrected chi connectivity index (χ0v) is 12.2. The third-order valence-electron chi connectivity index (χ3n) is 4.67. The summed E-state index contributed by atoms with van der Waals surface area (Å²) in [6.07, 6.45) is 9.69. The zero-order chi connectivity index (χ0) is 12.8. The summed E-state index contributed by atoms with van der Waals surface area (Å²) in [5, 5.41) is 0. The normalized spacial score (nSPS) is 30.3. The molecule has 0 aromatic carbocycles. The maximum Gasteiger partial charge on any atom is 0.0840 e. The average molecular weight is 254 g/mol. The van der Waals surface area contributed by atoms with Crippen molar-refractivity contribution in [1.29, 1.82) is 0 Å². The van der Waals surface area contributed by atoms with Crippen LogP contribution in [0.15, 0.2) is 0 Å². The SMILES string of the molecule is CCCCC(CC)CO[C@@H]1COCC[C@@H]1C1CC1. The van der Waals surface area contributed by atoms with E-state index in [1.807, 2.05) is 0 Å². The Balaban J connectivity index is 1.72. The molecule has 1 saturated carbocycles. The van der Waals surface area contributed by atoms with Gasteiger partial charge in [0.1, 0.15) is 0 Å². The van der Waals surface area contributed by atoms with E-state index in [2.05, 4.69) is 13.8 Å². The Morgan fingerprint density at radius 1 is 1.22 bits per heavy atom. The van der Waals surface area contributed by atoms with E-state index in [1.165, 1.54) is 44.9 Å². The molecule has 0 aromatic rings. The second kappa shape index (κ2) is 7.49. The highest BCUT2D eigenvalue weighted by molar-refractivity contribution is 4.88. The molecule has 1 aliphatic carbocycles. The van der Waals surface area contributed by atoms with Crippen molar-refractivity contribution in [2.24, 2.45) is 17.8 Å². The first kappa shape index (κ1) is 14.3. The van der Waals surface area contributed by atoms with Gasteiger partial charge in [-0.3, -0.25) is 0 Å². The third-order valence-corrected chi connectivity index (χ3v) is 4.67. The van der Waals surface area contributed by atoms with Crippen LogP contribution in [0.3, 0.4) is 0 Å². The summed E-state index contributed by atoms with van der Waals surface area (Å²) in [5.74, 6) is 2.50. The van der Waals surface area contributed by atoms with E-state index in [4.69, 9.17) is 9.47 Å². The second-order valence-electron chi connectivity index (χ2n) is 6.15. The first-order valence-electron chi connectivity index (χ1n) is 8.04. The molecule has 0 radical (unpaired) electrons. The van der Waals surface area contributed by atoms with Crippen LogP contribution in [0.5, 0.6) is 0 Å². The minimum atomic E-state index is 0.391. The molecule has 106 valence electrons. The largest absolute Gasteiger partial charge is 0.379 e. The van der Waals surface area contributed by atoms with Gasteiger partial charge in [-0.25, -0.2) is 0 Å². The fourth-order valence-electron chi connectivity index (χ4n) is 3.12. The van der Waals surface area contributed by atoms with Gasteiger partial charge in [-0.15, -0.1) is 0 Å². The first-order chi connectivity index (χ1) is 8.85. The number of hydrogen-bond donors (Lipinski definition) is 0. The minimum absolute atomic E-state index is 0.391. The van der Waals surface area contributed by atoms with Crippen molar-refractivity contribution < 1.29 is 9.47 Å². The quantitative estimate of drug-likeness (QED) is 0.651. The molecule has 3 atom stereocenters. The molecule has 18 heavy (non-hydrogen) atoms. The van der Waals surface area contributed by atoms with E-state index in [0.29, 0.717) is 6.10 Å². The fraction of sp³-hybridized carbons (Fsp3) is 1.00. The van der Waals surface area contributed by atoms with Crippen molar-refractivity contribution in [3.8, 4) is 0 Å². The highest BCUT2D eigenvalue weighted by Gasteiger charge is 2.38. The number of unbranched alkanes of at least 4 members (excludes halogenated alkanes) is 1. The molecular weight excluding hydrogens is 224 g/mol. The van der Waals surface area contributed by atoms with Crippen LogP contribution in [0, 0.1) is 17.8 Å². The van der Waals surface area contributed by atoms with Crippen LogP contribution in [0.2, 0.25) is 0 Å². The topological polar surface area (TPSA) is 18.5 Å². The van der Waals surface area contributed by atoms with Crippen molar-refractivity contribution in [2.45, 2.75) is 64.9 Å². The van der Waals surface area contributed by atoms with E-state index in [1.54, 1.807) is 0 Å². The summed E-state index contributed by atoms with van der Waals surface area (Å²) in [5.41, 5.74) is 0. The van der Waals surface area contributed by atoms with E-state index in [0.717, 1.165) is 37.6 Å². The molecule has 0 spiro atoms. The second-order valence-corrected chi connectivity index (χ2v) is 6.15. The Morgan fingerprint density at radius 2 is 2.06 bits per heavy atom. The Morgan fingerprint density at radius 3 is 2.72 bits per heavy atom. The third kappa shape index (κ3) is 4.24. The van der Waals surface area contributed by atoms with Crippen LogP contribution < -0.4 is 0 Å². The molecule has 2 nitrogen and oxygen atoms in total. The van der Waals surface area contributed by atoms with Crippen molar-refractivity contribution in [3.05, 3.63) is 0 Å². The van der Waals surface area contributed by atoms with Gasteiger partial charge in [-0.2, -0.15) is 0 Å². The summed E-state index contributed by atoms with van der Waals surface area (Å²) in [4.78, 5) is 0. The Hall–Kier alpha value is -0.0800. The van der Waals surface area contributed by atoms with Gasteiger partial charge in [0.2, 0.25) is 0 Å². The van der Waals surface area contributed by atoms with Crippen LogP contribution in [-0.2, 0) is 9.47 Å². The fourth-order valence-corrected chi connectivity index (χ4v) is 3.12. The van der Waals surface area contributed by atoms with E-state index >= 15 is 0 Å². The monoisotopic (exact) mass is 254 g/mol. The van der Waals surface area contributed by atoms with Crippen molar-refractivity contribution in [3.63, 3.8) is 0 Å². The standard InChI is InChI=1S/C16H30O2/c1-3-5-6-13(4-2)11-18-16-12-17-10-9-15(16)14-7-8-14/h13-16H,3-12H2,1-2H3/t13?,15-,16-/m1/s1. The average Bonchev–Trinajstić information content (AvgIpc) is 3.24. The van der Waals surface area contributed by atoms with Gasteiger partial charge in [0.05, 0.1) is 12.7 Å². The number of hydrogen-bond acceptors (Lipinski definition) is 2. The molecule has 2 rings (SSSR count). The van der Waals surface area contributed by atoms with E-state index in [-0.39, 0.29) is 0 Å². The summed E-state index contributed by atoms with van der Waals surface area (Å²) in [6, 6.07) is 0. The van der Waals surface area contributed by atoms with Crippen LogP contribution >= 0.6 is 0 Å². The van der Waals surface area contributed by atoms with Gasteiger partial charge in [0.25, 0.3) is 0 Å². The molecule has 1 saturated heterocycles. The van der Waals surface area contributed by atoms with Gasteiger partial charge in [0, 0.05) is 13.2 Å². The van der Waals surface area contributed by atoms with Gasteiger partial charge in [-0.1, -0.05) is 33.1 Å². The van der Waals surface area contributed by atoms with Crippen LogP contribution in [0.1, 0.15) is 58.8 Å². The molecule has 1 aliphatic heterocycles. The van der Waals surface area contributed by atoms with Gasteiger partial charge in [0.15, 0.2) is 0 Å². The lowest BCUT2D eigenvalue weighted by atomic mass is 9.92. The predicted octanol–water partition coefficient (Wildman–Crippen LogP) is 4.03. The number of ether oxygens (including phenoxy) is 2. The highest BCUT2D eigenvalue weighted by Crippen LogP contribution is 2.42. The van der Waals surface area contributed by atoms with Crippen LogP contribution in [-0.4, -0.2) is 25.9 Å². The van der Waals surface area contributed by atoms with E-state index < -0.39 is 0 Å². The maximum absolute atomic E-state index is 6.22. The Kier molecular flexibility index (Phi) is 5.97. The molecular formula is C16H30O2. The van der Waals surface area contributed by atoms with Gasteiger partial charge in [-0.05, 0) is 43.4 Å². The molecule has 0 N–H and O–H groups in total. The van der Waals surface area contributed by atoms with Crippen molar-refractivity contribution in [2.75, 3.05) is 19.8 Å². The molecule has 1 unspecified atom stereocenters. The van der Waals surface area contributed by atoms with Crippen molar-refractivity contribution in [1.82, 2.24) is 0 Å². The van der Waals surface area contributed by atoms with Crippen LogP contribution in [0.25, 0.3) is 0 Å². The zero-order valence-electron chi connectivity index (χ0n) is 12.2. The maximum atomic E-state index is 6.22. The molecule has 0 bridgehead atoms. The molecule has 1 heterocycles. The lowest BCUT2D eigenvalue weighted by Gasteiger charge is -2.32. The molecule has 2 heteroatoms. The predicted molar refractivity (Wildman–Crippen MR) is 74.7 cm³/mol. The van der Waals surface area contributed by atoms with E-state index in [9.17, 15) is 0 Å². The first-order valence-corrected chi connectivity index (χ1v) is 8.04. The Labute approximate surface area is 112 Å². The minimum Gasteiger partial charge on any atom is -0.379 e. The molecule has 0 aromatic heterocycles. The van der Waals surface area contributed by atoms with Crippen LogP contribution in [0.4, 0.5) is 0 Å². The summed E-state index contributed by atoms with van der Waals surface area (Å²) < 4.78 is 11.8. The summed E-state index contributed by atoms with van der Waals surface area (Å²) in [6.45, 7) is 7.30. The lowest BCUT2D eigenvalue weighted by molar-refractivity contribution is -0.0980. The summed E-state index contributed by atoms with van der Waals surface area (Å²) >= 11 is 0. The van der Waals surface area contributed by atoms with Gasteiger partial charge < -0.3 is 9.47 Å². The number of rotatable bonds is 8. The van der Waals surface area contributed by atoms with Crippen molar-refractivity contribution >= 4 is 0 Å². The van der Waals surface area contributed by atoms with Gasteiger partial charge >= 0.3 is 0 Å². The highest BCUT2D eigenvalue weighted by atomic mass is 16.5. The Bertz CT molecular complexity index is 225. The lowest BCUT2D eigenvalue weighted by Crippen LogP contribution is -2.37. The molecule has 0 amide bonds. The summed E-state index contributed by atoms with van der Waals surface area (Å²) in [7, 11) is 0. The molecule has 2 fully saturated rings. The smallest absolute Gasteiger partial charge is 0.0840 e.